The molecule has 0 radical (unpaired) electrons. The normalized spacial score (nSPS) is 16.6. The lowest BCUT2D eigenvalue weighted by molar-refractivity contribution is -0.122. The van der Waals surface area contributed by atoms with E-state index in [9.17, 15) is 13.2 Å². The second-order valence-corrected chi connectivity index (χ2v) is 9.59. The first-order valence-electron chi connectivity index (χ1n) is 9.30. The average Bonchev–Trinajstić information content (AvgIpc) is 2.68. The molecule has 1 aliphatic rings. The Morgan fingerprint density at radius 1 is 1.20 bits per heavy atom. The van der Waals surface area contributed by atoms with Gasteiger partial charge in [0.15, 0.2) is 11.5 Å². The number of ether oxygens (including phenoxy) is 2. The van der Waals surface area contributed by atoms with Crippen molar-refractivity contribution in [2.45, 2.75) is 25.5 Å². The van der Waals surface area contributed by atoms with Crippen LogP contribution in [0.4, 0.5) is 5.69 Å². The van der Waals surface area contributed by atoms with Gasteiger partial charge in [-0.25, -0.2) is 8.42 Å². The van der Waals surface area contributed by atoms with E-state index in [1.807, 2.05) is 12.1 Å². The number of anilines is 1. The molecule has 3 rings (SSSR count). The van der Waals surface area contributed by atoms with Crippen molar-refractivity contribution in [2.75, 3.05) is 23.7 Å². The predicted octanol–water partition coefficient (Wildman–Crippen LogP) is 3.49. The Hall–Kier alpha value is -2.16. The summed E-state index contributed by atoms with van der Waals surface area (Å²) < 4.78 is 37.5. The van der Waals surface area contributed by atoms with Crippen molar-refractivity contribution >= 4 is 44.8 Å². The molecule has 2 atom stereocenters. The maximum absolute atomic E-state index is 12.9. The molecule has 30 heavy (non-hydrogen) atoms. The van der Waals surface area contributed by atoms with Crippen LogP contribution in [0.3, 0.4) is 0 Å². The first-order valence-corrected chi connectivity index (χ1v) is 11.9. The van der Waals surface area contributed by atoms with Crippen LogP contribution in [0.2, 0.25) is 10.0 Å². The van der Waals surface area contributed by atoms with Crippen molar-refractivity contribution < 1.29 is 22.7 Å². The molecule has 1 N–H and O–H groups in total. The number of benzene rings is 2. The van der Waals surface area contributed by atoms with Crippen LogP contribution in [-0.2, 0) is 14.8 Å². The largest absolute Gasteiger partial charge is 0.486 e. The fourth-order valence-electron chi connectivity index (χ4n) is 3.22. The molecule has 2 aromatic carbocycles. The summed E-state index contributed by atoms with van der Waals surface area (Å²) >= 11 is 12.1. The van der Waals surface area contributed by atoms with Crippen LogP contribution in [0.5, 0.6) is 11.5 Å². The lowest BCUT2D eigenvalue weighted by Crippen LogP contribution is -2.51. The van der Waals surface area contributed by atoms with Crippen LogP contribution in [0.25, 0.3) is 0 Å². The van der Waals surface area contributed by atoms with Gasteiger partial charge in [-0.1, -0.05) is 42.3 Å². The molecule has 0 spiro atoms. The molecular weight excluding hydrogens is 451 g/mol. The first-order chi connectivity index (χ1) is 14.2. The van der Waals surface area contributed by atoms with E-state index in [0.717, 1.165) is 10.6 Å². The highest BCUT2D eigenvalue weighted by Crippen LogP contribution is 2.31. The third kappa shape index (κ3) is 5.30. The number of hydrogen-bond acceptors (Lipinski definition) is 5. The average molecular weight is 473 g/mol. The molecule has 7 nitrogen and oxygen atoms in total. The fourth-order valence-corrected chi connectivity index (χ4v) is 4.93. The molecule has 2 aromatic rings. The summed E-state index contributed by atoms with van der Waals surface area (Å²) in [5, 5.41) is 3.31. The van der Waals surface area contributed by atoms with Crippen LogP contribution < -0.4 is 19.1 Å². The highest BCUT2D eigenvalue weighted by molar-refractivity contribution is 7.92. The van der Waals surface area contributed by atoms with Crippen molar-refractivity contribution in [3.63, 3.8) is 0 Å². The minimum Gasteiger partial charge on any atom is -0.486 e. The van der Waals surface area contributed by atoms with E-state index in [1.165, 1.54) is 18.2 Å². The van der Waals surface area contributed by atoms with Gasteiger partial charge in [0.25, 0.3) is 0 Å². The van der Waals surface area contributed by atoms with Crippen molar-refractivity contribution in [3.8, 4) is 11.5 Å². The summed E-state index contributed by atoms with van der Waals surface area (Å²) in [6, 6.07) is 10.7. The van der Waals surface area contributed by atoms with Crippen molar-refractivity contribution in [3.05, 3.63) is 52.5 Å². The van der Waals surface area contributed by atoms with Crippen molar-refractivity contribution in [1.82, 2.24) is 5.32 Å². The summed E-state index contributed by atoms with van der Waals surface area (Å²) in [6.07, 6.45) is 0.884. The third-order valence-electron chi connectivity index (χ3n) is 4.50. The molecule has 162 valence electrons. The van der Waals surface area contributed by atoms with E-state index in [4.69, 9.17) is 32.7 Å². The third-order valence-corrected chi connectivity index (χ3v) is 6.12. The molecule has 0 unspecified atom stereocenters. The second kappa shape index (κ2) is 9.32. The first kappa shape index (κ1) is 22.5. The molecule has 0 bridgehead atoms. The number of para-hydroxylation sites is 2. The van der Waals surface area contributed by atoms with Gasteiger partial charge in [-0.2, -0.15) is 0 Å². The Kier molecular flexibility index (Phi) is 7.00. The van der Waals surface area contributed by atoms with Gasteiger partial charge >= 0.3 is 0 Å². The van der Waals surface area contributed by atoms with E-state index in [2.05, 4.69) is 5.32 Å². The van der Waals surface area contributed by atoms with E-state index in [1.54, 1.807) is 19.1 Å². The molecule has 1 aliphatic heterocycles. The van der Waals surface area contributed by atoms with E-state index >= 15 is 0 Å². The van der Waals surface area contributed by atoms with Crippen molar-refractivity contribution in [2.24, 2.45) is 0 Å². The van der Waals surface area contributed by atoms with Crippen LogP contribution in [0, 0.1) is 0 Å². The van der Waals surface area contributed by atoms with Gasteiger partial charge in [0.2, 0.25) is 15.9 Å². The van der Waals surface area contributed by atoms with E-state index in [-0.39, 0.29) is 35.3 Å². The summed E-state index contributed by atoms with van der Waals surface area (Å²) in [4.78, 5) is 12.9. The van der Waals surface area contributed by atoms with Gasteiger partial charge < -0.3 is 14.8 Å². The highest BCUT2D eigenvalue weighted by Gasteiger charge is 2.32. The minimum atomic E-state index is -3.79. The molecule has 1 amide bonds. The van der Waals surface area contributed by atoms with Crippen molar-refractivity contribution in [1.29, 1.82) is 0 Å². The fraction of sp³-hybridized carbons (Fsp3) is 0.350. The Balaban J connectivity index is 1.75. The Bertz CT molecular complexity index is 1010. The lowest BCUT2D eigenvalue weighted by atomic mass is 10.2. The number of hydrogen-bond donors (Lipinski definition) is 1. The van der Waals surface area contributed by atoms with Gasteiger partial charge in [0, 0.05) is 10.0 Å². The highest BCUT2D eigenvalue weighted by atomic mass is 35.5. The number of nitrogens with one attached hydrogen (secondary N) is 1. The lowest BCUT2D eigenvalue weighted by Gasteiger charge is -2.31. The minimum absolute atomic E-state index is 0.164. The summed E-state index contributed by atoms with van der Waals surface area (Å²) in [7, 11) is -3.79. The predicted molar refractivity (Wildman–Crippen MR) is 117 cm³/mol. The molecule has 1 heterocycles. The maximum Gasteiger partial charge on any atom is 0.244 e. The quantitative estimate of drug-likeness (QED) is 0.666. The zero-order valence-corrected chi connectivity index (χ0v) is 18.8. The number of amides is 1. The number of nitrogens with zero attached hydrogens (tertiary/aromatic N) is 1. The zero-order chi connectivity index (χ0) is 21.9. The van der Waals surface area contributed by atoms with Gasteiger partial charge in [0.05, 0.1) is 18.5 Å². The van der Waals surface area contributed by atoms with Crippen LogP contribution in [0.15, 0.2) is 42.5 Å². The second-order valence-electron chi connectivity index (χ2n) is 6.85. The number of fused-ring (bicyclic) bond motifs is 1. The molecule has 0 saturated carbocycles. The molecule has 0 fully saturated rings. The molecular formula is C20H22Cl2N2O5S. The smallest absolute Gasteiger partial charge is 0.244 e. The molecule has 0 aromatic heterocycles. The number of rotatable bonds is 7. The van der Waals surface area contributed by atoms with Crippen LogP contribution in [-0.4, -0.2) is 45.9 Å². The van der Waals surface area contributed by atoms with Crippen LogP contribution in [0.1, 0.15) is 13.3 Å². The Morgan fingerprint density at radius 2 is 1.83 bits per heavy atom. The van der Waals surface area contributed by atoms with Gasteiger partial charge in [0.1, 0.15) is 18.8 Å². The number of carbonyl (C=O) groups excluding carboxylic acids is 1. The number of halogens is 2. The molecule has 0 aliphatic carbocycles. The zero-order valence-electron chi connectivity index (χ0n) is 16.5. The topological polar surface area (TPSA) is 84.9 Å². The standard InChI is InChI=1S/C20H22Cl2N2O5S/c1-3-17(24(30(2,26)27)15-9-13(21)8-14(22)10-15)20(25)23-11-16-12-28-18-6-4-5-7-19(18)29-16/h4-10,16-17H,3,11-12H2,1-2H3,(H,23,25)/t16-,17+/m1/s1. The van der Waals surface area contributed by atoms with Crippen LogP contribution >= 0.6 is 23.2 Å². The monoisotopic (exact) mass is 472 g/mol. The summed E-state index contributed by atoms with van der Waals surface area (Å²) in [5.74, 6) is 0.787. The SMILES string of the molecule is CC[C@@H](C(=O)NC[C@@H]1COc2ccccc2O1)N(c1cc(Cl)cc(Cl)c1)S(C)(=O)=O. The maximum atomic E-state index is 12.9. The van der Waals surface area contributed by atoms with Gasteiger partial charge in [-0.15, -0.1) is 0 Å². The Labute approximate surface area is 185 Å². The molecule has 10 heteroatoms. The number of carbonyl (C=O) groups is 1. The Morgan fingerprint density at radius 3 is 2.43 bits per heavy atom. The van der Waals surface area contributed by atoms with E-state index in [0.29, 0.717) is 11.5 Å². The molecule has 0 saturated heterocycles. The van der Waals surface area contributed by atoms with Gasteiger partial charge in [-0.05, 0) is 36.8 Å². The number of sulfonamides is 1. The summed E-state index contributed by atoms with van der Waals surface area (Å²) in [6.45, 7) is 2.16. The van der Waals surface area contributed by atoms with Gasteiger partial charge in [-0.3, -0.25) is 9.10 Å². The summed E-state index contributed by atoms with van der Waals surface area (Å²) in [5.41, 5.74) is 0.225. The van der Waals surface area contributed by atoms with E-state index < -0.39 is 28.1 Å².